The molecule has 162 valence electrons. The van der Waals surface area contributed by atoms with Crippen molar-refractivity contribution in [3.8, 4) is 0 Å². The lowest BCUT2D eigenvalue weighted by molar-refractivity contribution is -0.134. The largest absolute Gasteiger partial charge is 0.340 e. The van der Waals surface area contributed by atoms with Crippen molar-refractivity contribution in [3.05, 3.63) is 66.0 Å². The second kappa shape index (κ2) is 9.68. The van der Waals surface area contributed by atoms with Gasteiger partial charge in [0.1, 0.15) is 16.8 Å². The fraction of sp³-hybridized carbons (Fsp3) is 0.409. The average molecular weight is 434 g/mol. The van der Waals surface area contributed by atoms with Crippen LogP contribution in [-0.2, 0) is 21.2 Å². The van der Waals surface area contributed by atoms with Crippen LogP contribution >= 0.6 is 0 Å². The summed E-state index contributed by atoms with van der Waals surface area (Å²) in [5.41, 5.74) is 0.827. The van der Waals surface area contributed by atoms with E-state index in [4.69, 9.17) is 0 Å². The molecule has 1 N–H and O–H groups in total. The monoisotopic (exact) mass is 433 g/mol. The zero-order valence-electron chi connectivity index (χ0n) is 17.3. The summed E-state index contributed by atoms with van der Waals surface area (Å²) in [5.74, 6) is -1.13. The molecule has 2 aromatic carbocycles. The number of piperidine rings is 1. The Morgan fingerprint density at radius 3 is 2.50 bits per heavy atom. The minimum atomic E-state index is -4.21. The first kappa shape index (κ1) is 22.4. The summed E-state index contributed by atoms with van der Waals surface area (Å²) in [6.07, 6.45) is 2.03. The van der Waals surface area contributed by atoms with Crippen molar-refractivity contribution in [1.29, 1.82) is 0 Å². The molecule has 1 amide bonds. The van der Waals surface area contributed by atoms with Crippen LogP contribution in [0, 0.1) is 5.82 Å². The molecule has 6 nitrogen and oxygen atoms in total. The average Bonchev–Trinajstić information content (AvgIpc) is 2.73. The van der Waals surface area contributed by atoms with E-state index in [1.165, 1.54) is 18.2 Å². The number of carbonyl (C=O) groups is 1. The summed E-state index contributed by atoms with van der Waals surface area (Å²) in [6, 6.07) is 13.6. The van der Waals surface area contributed by atoms with Gasteiger partial charge in [-0.2, -0.15) is 4.72 Å². The maximum Gasteiger partial charge on any atom is 0.244 e. The highest BCUT2D eigenvalue weighted by Gasteiger charge is 2.33. The first-order chi connectivity index (χ1) is 14.3. The van der Waals surface area contributed by atoms with Crippen molar-refractivity contribution < 1.29 is 17.6 Å². The van der Waals surface area contributed by atoms with E-state index in [1.54, 1.807) is 4.90 Å². The van der Waals surface area contributed by atoms with Crippen LogP contribution in [0.2, 0.25) is 0 Å². The number of nitrogens with zero attached hydrogens (tertiary/aromatic N) is 2. The van der Waals surface area contributed by atoms with Gasteiger partial charge in [-0.1, -0.05) is 42.5 Å². The fourth-order valence-electron chi connectivity index (χ4n) is 3.74. The van der Waals surface area contributed by atoms with Crippen LogP contribution in [0.3, 0.4) is 0 Å². The highest BCUT2D eigenvalue weighted by molar-refractivity contribution is 7.89. The SMILES string of the molecule is CN(C)C1CCCN(C(=O)[C@H](Cc2ccccc2)NS(=O)(=O)c2ccccc2F)C1. The molecule has 0 radical (unpaired) electrons. The van der Waals surface area contributed by atoms with Gasteiger partial charge in [-0.25, -0.2) is 12.8 Å². The van der Waals surface area contributed by atoms with Gasteiger partial charge in [0.05, 0.1) is 0 Å². The molecule has 0 spiro atoms. The smallest absolute Gasteiger partial charge is 0.244 e. The lowest BCUT2D eigenvalue weighted by Crippen LogP contribution is -2.54. The second-order valence-corrected chi connectivity index (χ2v) is 9.52. The first-order valence-electron chi connectivity index (χ1n) is 10.0. The van der Waals surface area contributed by atoms with Gasteiger partial charge in [0.2, 0.25) is 15.9 Å². The zero-order chi connectivity index (χ0) is 21.7. The Bertz CT molecular complexity index is 967. The lowest BCUT2D eigenvalue weighted by Gasteiger charge is -2.37. The third kappa shape index (κ3) is 5.44. The number of rotatable bonds is 7. The van der Waals surface area contributed by atoms with E-state index in [9.17, 15) is 17.6 Å². The van der Waals surface area contributed by atoms with E-state index in [2.05, 4.69) is 9.62 Å². The Hall–Kier alpha value is -2.29. The number of likely N-dealkylation sites (tertiary alicyclic amines) is 1. The molecular weight excluding hydrogens is 405 g/mol. The molecule has 30 heavy (non-hydrogen) atoms. The van der Waals surface area contributed by atoms with E-state index in [0.717, 1.165) is 24.5 Å². The summed E-state index contributed by atoms with van der Waals surface area (Å²) in [7, 11) is -0.260. The van der Waals surface area contributed by atoms with E-state index < -0.39 is 26.8 Å². The third-order valence-electron chi connectivity index (χ3n) is 5.44. The topological polar surface area (TPSA) is 69.7 Å². The van der Waals surface area contributed by atoms with Crippen LogP contribution in [0.5, 0.6) is 0 Å². The molecule has 2 aromatic rings. The van der Waals surface area contributed by atoms with Crippen molar-refractivity contribution in [3.63, 3.8) is 0 Å². The van der Waals surface area contributed by atoms with E-state index in [-0.39, 0.29) is 18.4 Å². The number of likely N-dealkylation sites (N-methyl/N-ethyl adjacent to an activating group) is 1. The number of sulfonamides is 1. The quantitative estimate of drug-likeness (QED) is 0.727. The summed E-state index contributed by atoms with van der Waals surface area (Å²) in [5, 5.41) is 0. The van der Waals surface area contributed by atoms with Gasteiger partial charge in [0.25, 0.3) is 0 Å². The van der Waals surface area contributed by atoms with Gasteiger partial charge >= 0.3 is 0 Å². The minimum Gasteiger partial charge on any atom is -0.340 e. The summed E-state index contributed by atoms with van der Waals surface area (Å²) in [6.45, 7) is 1.12. The molecule has 1 aliphatic rings. The van der Waals surface area contributed by atoms with Crippen LogP contribution in [-0.4, -0.2) is 63.4 Å². The standard InChI is InChI=1S/C22H28FN3O3S/c1-25(2)18-11-8-14-26(16-18)22(27)20(15-17-9-4-3-5-10-17)24-30(28,29)21-13-7-6-12-19(21)23/h3-7,9-10,12-13,18,20,24H,8,11,14-16H2,1-2H3/t18?,20-/m0/s1. The summed E-state index contributed by atoms with van der Waals surface area (Å²) < 4.78 is 42.4. The van der Waals surface area contributed by atoms with E-state index in [0.29, 0.717) is 13.1 Å². The molecule has 2 atom stereocenters. The van der Waals surface area contributed by atoms with Crippen LogP contribution in [0.15, 0.2) is 59.5 Å². The second-order valence-electron chi connectivity index (χ2n) is 7.84. The zero-order valence-corrected chi connectivity index (χ0v) is 18.1. The third-order valence-corrected chi connectivity index (χ3v) is 6.95. The maximum absolute atomic E-state index is 14.1. The molecule has 0 aromatic heterocycles. The van der Waals surface area contributed by atoms with Gasteiger partial charge < -0.3 is 9.80 Å². The van der Waals surface area contributed by atoms with Crippen LogP contribution < -0.4 is 4.72 Å². The number of nitrogens with one attached hydrogen (secondary N) is 1. The molecule has 0 saturated carbocycles. The molecule has 0 bridgehead atoms. The summed E-state index contributed by atoms with van der Waals surface area (Å²) >= 11 is 0. The molecule has 1 heterocycles. The van der Waals surface area contributed by atoms with E-state index in [1.807, 2.05) is 44.4 Å². The van der Waals surface area contributed by atoms with Gasteiger partial charge in [-0.3, -0.25) is 4.79 Å². The van der Waals surface area contributed by atoms with Crippen molar-refractivity contribution in [2.75, 3.05) is 27.2 Å². The Labute approximate surface area is 177 Å². The highest BCUT2D eigenvalue weighted by Crippen LogP contribution is 2.19. The maximum atomic E-state index is 14.1. The predicted molar refractivity (Wildman–Crippen MR) is 114 cm³/mol. The number of carbonyl (C=O) groups excluding carboxylic acids is 1. The van der Waals surface area contributed by atoms with E-state index >= 15 is 0 Å². The fourth-order valence-corrected chi connectivity index (χ4v) is 5.01. The molecule has 1 saturated heterocycles. The molecule has 8 heteroatoms. The van der Waals surface area contributed by atoms with Crippen molar-refractivity contribution >= 4 is 15.9 Å². The molecule has 1 fully saturated rings. The van der Waals surface area contributed by atoms with Gasteiger partial charge in [-0.15, -0.1) is 0 Å². The Balaban J connectivity index is 1.87. The van der Waals surface area contributed by atoms with Gasteiger partial charge in [0.15, 0.2) is 0 Å². The molecule has 1 unspecified atom stereocenters. The number of amides is 1. The van der Waals surface area contributed by atoms with Gasteiger partial charge in [-0.05, 0) is 51.1 Å². The lowest BCUT2D eigenvalue weighted by atomic mass is 10.0. The molecule has 3 rings (SSSR count). The number of hydrogen-bond acceptors (Lipinski definition) is 4. The molecule has 1 aliphatic heterocycles. The van der Waals surface area contributed by atoms with Crippen molar-refractivity contribution in [2.45, 2.75) is 36.2 Å². The van der Waals surface area contributed by atoms with Crippen LogP contribution in [0.25, 0.3) is 0 Å². The minimum absolute atomic E-state index is 0.191. The Kier molecular flexibility index (Phi) is 7.23. The van der Waals surface area contributed by atoms with Crippen molar-refractivity contribution in [2.24, 2.45) is 0 Å². The normalized spacial score (nSPS) is 18.4. The first-order valence-corrected chi connectivity index (χ1v) is 11.5. The van der Waals surface area contributed by atoms with Crippen LogP contribution in [0.4, 0.5) is 4.39 Å². The number of hydrogen-bond donors (Lipinski definition) is 1. The predicted octanol–water partition coefficient (Wildman–Crippen LogP) is 2.27. The Morgan fingerprint density at radius 1 is 1.17 bits per heavy atom. The molecular formula is C22H28FN3O3S. The Morgan fingerprint density at radius 2 is 1.83 bits per heavy atom. The molecule has 0 aliphatic carbocycles. The van der Waals surface area contributed by atoms with Crippen molar-refractivity contribution in [1.82, 2.24) is 14.5 Å². The van der Waals surface area contributed by atoms with Crippen LogP contribution in [0.1, 0.15) is 18.4 Å². The number of benzene rings is 2. The highest BCUT2D eigenvalue weighted by atomic mass is 32.2. The summed E-state index contributed by atoms with van der Waals surface area (Å²) in [4.78, 5) is 16.7. The van der Waals surface area contributed by atoms with Gasteiger partial charge in [0, 0.05) is 19.1 Å². The number of halogens is 1.